The van der Waals surface area contributed by atoms with Gasteiger partial charge in [-0.2, -0.15) is 0 Å². The number of aromatic nitrogens is 2. The van der Waals surface area contributed by atoms with Gasteiger partial charge in [-0.15, -0.1) is 0 Å². The van der Waals surface area contributed by atoms with Gasteiger partial charge >= 0.3 is 9.04 Å². The van der Waals surface area contributed by atoms with Crippen LogP contribution in [0.25, 0.3) is 10.9 Å². The molecule has 0 spiro atoms. The third-order valence-electron chi connectivity index (χ3n) is 6.71. The molecule has 6 nitrogen and oxygen atoms in total. The molecule has 1 N–H and O–H groups in total. The van der Waals surface area contributed by atoms with E-state index in [0.29, 0.717) is 29.1 Å². The van der Waals surface area contributed by atoms with Crippen LogP contribution in [0.1, 0.15) is 38.8 Å². The molecule has 203 valence electrons. The molecule has 0 bridgehead atoms. The molecule has 5 aromatic rings. The zero-order chi connectivity index (χ0) is 28.3. The standard InChI is InChI=1S/C33H34N3O3Si/c1-6-38-31-20-27-29(21-30(31)37)34-22-35-32(27)36(24-18-17-23(2)28(19-24)33(3,4)5)39-40(25-13-9-7-10-14-25)26-15-11-8-12-16-26/h7-22,37H,6H2,1-5H3. The average Bonchev–Trinajstić information content (AvgIpc) is 2.95. The van der Waals surface area contributed by atoms with E-state index in [4.69, 9.17) is 14.2 Å². The maximum Gasteiger partial charge on any atom is 0.321 e. The smallest absolute Gasteiger partial charge is 0.321 e. The van der Waals surface area contributed by atoms with E-state index in [0.717, 1.165) is 16.1 Å². The van der Waals surface area contributed by atoms with Crippen molar-refractivity contribution in [1.82, 2.24) is 9.97 Å². The molecule has 0 atom stereocenters. The summed E-state index contributed by atoms with van der Waals surface area (Å²) >= 11 is 0. The Bertz CT molecular complexity index is 1570. The molecule has 1 heterocycles. The highest BCUT2D eigenvalue weighted by Gasteiger charge is 2.28. The third kappa shape index (κ3) is 5.71. The van der Waals surface area contributed by atoms with Crippen molar-refractivity contribution < 1.29 is 14.4 Å². The number of nitrogens with zero attached hydrogens (tertiary/aromatic N) is 3. The number of anilines is 2. The van der Waals surface area contributed by atoms with Crippen molar-refractivity contribution in [2.75, 3.05) is 11.7 Å². The lowest BCUT2D eigenvalue weighted by Crippen LogP contribution is -2.48. The number of benzene rings is 4. The summed E-state index contributed by atoms with van der Waals surface area (Å²) in [7, 11) is -1.76. The van der Waals surface area contributed by atoms with Gasteiger partial charge in [-0.1, -0.05) is 87.5 Å². The maximum atomic E-state index is 10.6. The first kappa shape index (κ1) is 27.4. The molecule has 5 rings (SSSR count). The molecule has 0 aliphatic heterocycles. The average molecular weight is 549 g/mol. The van der Waals surface area contributed by atoms with Crippen LogP contribution < -0.4 is 20.2 Å². The Kier molecular flexibility index (Phi) is 7.87. The van der Waals surface area contributed by atoms with E-state index >= 15 is 0 Å². The van der Waals surface area contributed by atoms with Gasteiger partial charge in [-0.25, -0.2) is 15.0 Å². The molecule has 0 saturated carbocycles. The highest BCUT2D eigenvalue weighted by molar-refractivity contribution is 6.80. The summed E-state index contributed by atoms with van der Waals surface area (Å²) in [6.07, 6.45) is 1.50. The number of aromatic hydroxyl groups is 1. The molecule has 0 saturated heterocycles. The maximum absolute atomic E-state index is 10.6. The van der Waals surface area contributed by atoms with Gasteiger partial charge in [0.15, 0.2) is 17.3 Å². The van der Waals surface area contributed by atoms with Crippen molar-refractivity contribution in [1.29, 1.82) is 0 Å². The van der Waals surface area contributed by atoms with E-state index in [2.05, 4.69) is 75.1 Å². The van der Waals surface area contributed by atoms with Crippen molar-refractivity contribution >= 4 is 41.8 Å². The molecule has 1 aromatic heterocycles. The number of aryl methyl sites for hydroxylation is 1. The van der Waals surface area contributed by atoms with Crippen molar-refractivity contribution in [3.8, 4) is 11.5 Å². The van der Waals surface area contributed by atoms with E-state index in [9.17, 15) is 5.11 Å². The van der Waals surface area contributed by atoms with Crippen LogP contribution >= 0.6 is 0 Å². The number of hydrogen-bond donors (Lipinski definition) is 1. The van der Waals surface area contributed by atoms with Crippen molar-refractivity contribution in [3.05, 3.63) is 108 Å². The van der Waals surface area contributed by atoms with Crippen molar-refractivity contribution in [3.63, 3.8) is 0 Å². The minimum Gasteiger partial charge on any atom is -0.504 e. The lowest BCUT2D eigenvalue weighted by molar-refractivity contribution is 0.318. The number of phenols is 1. The Morgan fingerprint density at radius 2 is 1.50 bits per heavy atom. The summed E-state index contributed by atoms with van der Waals surface area (Å²) in [4.78, 5) is 9.18. The van der Waals surface area contributed by atoms with Crippen molar-refractivity contribution in [2.24, 2.45) is 0 Å². The monoisotopic (exact) mass is 548 g/mol. The molecule has 7 heteroatoms. The summed E-state index contributed by atoms with van der Waals surface area (Å²) in [5.41, 5.74) is 3.81. The first-order valence-electron chi connectivity index (χ1n) is 13.4. The number of phenolic OH excluding ortho intramolecular Hbond substituents is 1. The second-order valence-electron chi connectivity index (χ2n) is 10.7. The fourth-order valence-electron chi connectivity index (χ4n) is 4.80. The summed E-state index contributed by atoms with van der Waals surface area (Å²) in [5, 5.41) is 15.3. The molecule has 40 heavy (non-hydrogen) atoms. The highest BCUT2D eigenvalue weighted by Crippen LogP contribution is 2.38. The molecule has 0 unspecified atom stereocenters. The SMILES string of the molecule is CCOc1cc2c(N(O[Si](c3ccccc3)c3ccccc3)c3ccc(C)c(C(C)(C)C)c3)ncnc2cc1O. The minimum absolute atomic E-state index is 0.0372. The summed E-state index contributed by atoms with van der Waals surface area (Å²) in [6.45, 7) is 11.1. The largest absolute Gasteiger partial charge is 0.504 e. The van der Waals surface area contributed by atoms with Crippen LogP contribution in [0.2, 0.25) is 0 Å². The van der Waals surface area contributed by atoms with Gasteiger partial charge in [0.25, 0.3) is 0 Å². The number of rotatable bonds is 8. The molecule has 4 aromatic carbocycles. The third-order valence-corrected chi connectivity index (χ3v) is 8.79. The lowest BCUT2D eigenvalue weighted by Gasteiger charge is -2.30. The molecular formula is C33H34N3O3Si. The normalized spacial score (nSPS) is 11.7. The van der Waals surface area contributed by atoms with E-state index in [1.807, 2.05) is 48.4 Å². The summed E-state index contributed by atoms with van der Waals surface area (Å²) in [6, 6.07) is 30.4. The van der Waals surface area contributed by atoms with Gasteiger partial charge in [0.1, 0.15) is 6.33 Å². The van der Waals surface area contributed by atoms with Gasteiger partial charge in [-0.3, -0.25) is 0 Å². The van der Waals surface area contributed by atoms with Crippen LogP contribution in [0.5, 0.6) is 11.5 Å². The Morgan fingerprint density at radius 1 is 0.850 bits per heavy atom. The van der Waals surface area contributed by atoms with E-state index in [1.54, 1.807) is 12.1 Å². The molecule has 0 fully saturated rings. The summed E-state index contributed by atoms with van der Waals surface area (Å²) < 4.78 is 12.8. The predicted octanol–water partition coefficient (Wildman–Crippen LogP) is 6.22. The molecular weight excluding hydrogens is 514 g/mol. The zero-order valence-corrected chi connectivity index (χ0v) is 24.6. The Morgan fingerprint density at radius 3 is 2.10 bits per heavy atom. The van der Waals surface area contributed by atoms with Crippen LogP contribution in [0.3, 0.4) is 0 Å². The number of ether oxygens (including phenoxy) is 1. The fourth-order valence-corrected chi connectivity index (χ4v) is 6.71. The first-order chi connectivity index (χ1) is 19.3. The lowest BCUT2D eigenvalue weighted by atomic mass is 9.84. The second-order valence-corrected chi connectivity index (χ2v) is 12.7. The van der Waals surface area contributed by atoms with Crippen LogP contribution in [-0.2, 0) is 9.94 Å². The van der Waals surface area contributed by atoms with E-state index in [-0.39, 0.29) is 11.2 Å². The number of fused-ring (bicyclic) bond motifs is 1. The Hall–Kier alpha value is -4.20. The Labute approximate surface area is 237 Å². The predicted molar refractivity (Wildman–Crippen MR) is 163 cm³/mol. The van der Waals surface area contributed by atoms with Gasteiger partial charge in [-0.05, 0) is 59.0 Å². The van der Waals surface area contributed by atoms with Crippen LogP contribution in [0, 0.1) is 6.92 Å². The van der Waals surface area contributed by atoms with E-state index in [1.165, 1.54) is 17.5 Å². The first-order valence-corrected chi connectivity index (χ1v) is 14.8. The van der Waals surface area contributed by atoms with E-state index < -0.39 is 9.04 Å². The zero-order valence-electron chi connectivity index (χ0n) is 23.6. The second kappa shape index (κ2) is 11.5. The Balaban J connectivity index is 1.74. The highest BCUT2D eigenvalue weighted by atomic mass is 28.3. The van der Waals surface area contributed by atoms with Crippen LogP contribution in [-0.4, -0.2) is 30.7 Å². The van der Waals surface area contributed by atoms with Gasteiger partial charge < -0.3 is 14.4 Å². The van der Waals surface area contributed by atoms with Gasteiger partial charge in [0.05, 0.1) is 17.8 Å². The van der Waals surface area contributed by atoms with Crippen LogP contribution in [0.15, 0.2) is 97.3 Å². The summed E-state index contributed by atoms with van der Waals surface area (Å²) in [5.74, 6) is 0.987. The van der Waals surface area contributed by atoms with Gasteiger partial charge in [0, 0.05) is 11.5 Å². The topological polar surface area (TPSA) is 67.7 Å². The molecule has 0 aliphatic rings. The quantitative estimate of drug-likeness (QED) is 0.184. The minimum atomic E-state index is -1.76. The van der Waals surface area contributed by atoms with Gasteiger partial charge in [0.2, 0.25) is 0 Å². The van der Waals surface area contributed by atoms with Crippen molar-refractivity contribution in [2.45, 2.75) is 40.0 Å². The number of hydrogen-bond acceptors (Lipinski definition) is 6. The fraction of sp³-hybridized carbons (Fsp3) is 0.212. The molecule has 0 amide bonds. The molecule has 0 aliphatic carbocycles. The molecule has 1 radical (unpaired) electrons. The van der Waals surface area contributed by atoms with Crippen LogP contribution in [0.4, 0.5) is 11.5 Å².